The summed E-state index contributed by atoms with van der Waals surface area (Å²) in [4.78, 5) is 12.7. The van der Waals surface area contributed by atoms with Crippen LogP contribution in [0.1, 0.15) is 0 Å². The zero-order valence-electron chi connectivity index (χ0n) is 4.38. The van der Waals surface area contributed by atoms with Crippen molar-refractivity contribution < 1.29 is 67.7 Å². The van der Waals surface area contributed by atoms with Gasteiger partial charge in [0.2, 0.25) is 0 Å². The number of rotatable bonds is 0. The van der Waals surface area contributed by atoms with Crippen molar-refractivity contribution in [3.05, 3.63) is 7.11 Å². The molecule has 38 valence electrons. The average Bonchev–Trinajstić information content (AvgIpc) is 1.68. The molecule has 0 spiro atoms. The number of nitrogens with zero attached hydrogens (tertiary/aromatic N) is 1. The Balaban J connectivity index is 0. The number of isothiocyanates is 1. The summed E-state index contributed by atoms with van der Waals surface area (Å²) in [5.74, 6) is 0. The van der Waals surface area contributed by atoms with Gasteiger partial charge in [-0.3, -0.25) is 0 Å². The van der Waals surface area contributed by atoms with E-state index in [1.807, 2.05) is 5.16 Å². The average molecular weight is 202 g/mol. The molecule has 0 aliphatic rings. The maximum atomic E-state index is 9.83. The van der Waals surface area contributed by atoms with E-state index in [-0.39, 0.29) is 58.2 Å². The van der Waals surface area contributed by atoms with E-state index in [4.69, 9.17) is 0 Å². The Morgan fingerprint density at radius 2 is 2.38 bits per heavy atom. The molecule has 0 aliphatic carbocycles. The van der Waals surface area contributed by atoms with Gasteiger partial charge < -0.3 is 4.74 Å². The minimum absolute atomic E-state index is 0. The molecule has 0 atom stereocenters. The third-order valence-electron chi connectivity index (χ3n) is 0.260. The van der Waals surface area contributed by atoms with Crippen LogP contribution in [0.4, 0.5) is 4.79 Å². The maximum absolute atomic E-state index is 9.83. The molecule has 0 bridgehead atoms. The summed E-state index contributed by atoms with van der Waals surface area (Å²) in [6.45, 7) is 0. The molecular weight excluding hydrogens is 200 g/mol. The van der Waals surface area contributed by atoms with Crippen LogP contribution in [0.5, 0.6) is 0 Å². The van der Waals surface area contributed by atoms with E-state index in [0.717, 1.165) is 0 Å². The van der Waals surface area contributed by atoms with Crippen molar-refractivity contribution >= 4 is 23.5 Å². The summed E-state index contributed by atoms with van der Waals surface area (Å²) >= 11 is 4.05. The van der Waals surface area contributed by atoms with Crippen LogP contribution in [0.3, 0.4) is 0 Å². The van der Waals surface area contributed by atoms with Crippen LogP contribution in [-0.2, 0) is 4.74 Å². The Hall–Kier alpha value is 1.08. The minimum Gasteiger partial charge on any atom is -0.622 e. The molecule has 0 saturated heterocycles. The van der Waals surface area contributed by atoms with Gasteiger partial charge in [-0.25, -0.2) is 4.79 Å². The van der Waals surface area contributed by atoms with Crippen molar-refractivity contribution in [3.63, 3.8) is 0 Å². The Labute approximate surface area is 101 Å². The van der Waals surface area contributed by atoms with Gasteiger partial charge in [0.15, 0.2) is 0 Å². The summed E-state index contributed by atoms with van der Waals surface area (Å²) in [5.41, 5.74) is 0. The van der Waals surface area contributed by atoms with Crippen LogP contribution in [0.25, 0.3) is 0 Å². The Kier molecular flexibility index (Phi) is 11.9. The number of aliphatic imine (C=N–C) groups is 1. The first-order valence-electron chi connectivity index (χ1n) is 1.35. The third kappa shape index (κ3) is 7.08. The van der Waals surface area contributed by atoms with E-state index in [1.54, 1.807) is 0 Å². The first-order valence-corrected chi connectivity index (χ1v) is 1.76. The predicted molar refractivity (Wildman–Crippen MR) is 26.9 cm³/mol. The Bertz CT molecular complexity index is 120. The SMILES string of the molecule is [CH2-]OC(=O)N=C=S.[Rb+]. The normalized spacial score (nSPS) is 5.62. The van der Waals surface area contributed by atoms with Crippen LogP contribution in [-0.4, -0.2) is 11.3 Å². The van der Waals surface area contributed by atoms with Crippen LogP contribution in [0, 0.1) is 7.11 Å². The van der Waals surface area contributed by atoms with Gasteiger partial charge in [0.05, 0.1) is 5.16 Å². The van der Waals surface area contributed by atoms with Gasteiger partial charge in [-0.05, 0) is 12.2 Å². The Morgan fingerprint density at radius 1 is 1.88 bits per heavy atom. The maximum Gasteiger partial charge on any atom is 1.00 e. The molecule has 0 aromatic heterocycles. The van der Waals surface area contributed by atoms with E-state index >= 15 is 0 Å². The van der Waals surface area contributed by atoms with Gasteiger partial charge in [-0.2, -0.15) is 7.11 Å². The summed E-state index contributed by atoms with van der Waals surface area (Å²) in [5, 5.41) is 1.81. The minimum atomic E-state index is -0.824. The van der Waals surface area contributed by atoms with Gasteiger partial charge in [0, 0.05) is 0 Å². The molecule has 0 radical (unpaired) electrons. The van der Waals surface area contributed by atoms with Crippen molar-refractivity contribution in [2.24, 2.45) is 4.99 Å². The van der Waals surface area contributed by atoms with Crippen LogP contribution in [0.15, 0.2) is 4.99 Å². The fourth-order valence-corrected chi connectivity index (χ4v) is 0.144. The fraction of sp³-hybridized carbons (Fsp3) is 0. The smallest absolute Gasteiger partial charge is 0.622 e. The molecule has 1 amide bonds. The number of ether oxygens (including phenoxy) is 1. The fourth-order valence-electron chi connectivity index (χ4n) is 0.0695. The van der Waals surface area contributed by atoms with Crippen molar-refractivity contribution in [2.45, 2.75) is 0 Å². The second-order valence-electron chi connectivity index (χ2n) is 0.613. The van der Waals surface area contributed by atoms with Crippen LogP contribution < -0.4 is 58.2 Å². The van der Waals surface area contributed by atoms with Crippen LogP contribution >= 0.6 is 12.2 Å². The van der Waals surface area contributed by atoms with Crippen molar-refractivity contribution in [1.82, 2.24) is 0 Å². The van der Waals surface area contributed by atoms with E-state index < -0.39 is 6.09 Å². The molecule has 0 aliphatic heterocycles. The second kappa shape index (κ2) is 8.08. The quantitative estimate of drug-likeness (QED) is 0.259. The van der Waals surface area contributed by atoms with E-state index in [1.165, 1.54) is 0 Å². The van der Waals surface area contributed by atoms with Crippen molar-refractivity contribution in [3.8, 4) is 0 Å². The van der Waals surface area contributed by atoms with Crippen molar-refractivity contribution in [2.75, 3.05) is 0 Å². The predicted octanol–water partition coefficient (Wildman–Crippen LogP) is -1.98. The Morgan fingerprint density at radius 3 is 2.50 bits per heavy atom. The van der Waals surface area contributed by atoms with Gasteiger partial charge in [0.25, 0.3) is 0 Å². The number of carbonyl (C=O) groups excluding carboxylic acids is 1. The van der Waals surface area contributed by atoms with E-state index in [0.29, 0.717) is 0 Å². The molecule has 8 heavy (non-hydrogen) atoms. The summed E-state index contributed by atoms with van der Waals surface area (Å²) in [6.07, 6.45) is -0.824. The standard InChI is InChI=1S/C3H2NO2S.Rb/c1-6-3(5)4-2-7;/h1H2;/q-1;+1. The summed E-state index contributed by atoms with van der Waals surface area (Å²) in [7, 11) is 2.77. The monoisotopic (exact) mass is 201 g/mol. The summed E-state index contributed by atoms with van der Waals surface area (Å²) < 4.78 is 3.81. The van der Waals surface area contributed by atoms with Crippen LogP contribution in [0.2, 0.25) is 0 Å². The number of hydrogen-bond acceptors (Lipinski definition) is 3. The van der Waals surface area contributed by atoms with E-state index in [2.05, 4.69) is 29.1 Å². The van der Waals surface area contributed by atoms with Gasteiger partial charge in [-0.15, -0.1) is 4.99 Å². The van der Waals surface area contributed by atoms with Gasteiger partial charge >= 0.3 is 64.3 Å². The number of thiocarbonyl (C=S) groups is 1. The molecule has 0 unspecified atom stereocenters. The molecular formula is C3H2NO2RbS. The van der Waals surface area contributed by atoms with E-state index in [9.17, 15) is 4.79 Å². The first kappa shape index (κ1) is 11.8. The number of carbonyl (C=O) groups is 1. The second-order valence-corrected chi connectivity index (χ2v) is 0.796. The molecule has 0 rings (SSSR count). The molecule has 3 nitrogen and oxygen atoms in total. The number of hydrogen-bond donors (Lipinski definition) is 0. The molecule has 0 fully saturated rings. The van der Waals surface area contributed by atoms with Gasteiger partial charge in [0.1, 0.15) is 0 Å². The molecule has 0 aromatic carbocycles. The molecule has 0 heterocycles. The molecule has 0 N–H and O–H groups in total. The number of amides is 1. The molecule has 0 saturated carbocycles. The molecule has 0 aromatic rings. The third-order valence-corrected chi connectivity index (χ3v) is 0.352. The largest absolute Gasteiger partial charge is 1.00 e. The first-order chi connectivity index (χ1) is 3.31. The topological polar surface area (TPSA) is 38.7 Å². The summed E-state index contributed by atoms with van der Waals surface area (Å²) in [6, 6.07) is 0. The van der Waals surface area contributed by atoms with Gasteiger partial charge in [-0.1, -0.05) is 0 Å². The van der Waals surface area contributed by atoms with Crippen molar-refractivity contribution in [1.29, 1.82) is 0 Å². The zero-order chi connectivity index (χ0) is 5.70. The zero-order valence-corrected chi connectivity index (χ0v) is 10.1. The molecule has 5 heteroatoms.